The van der Waals surface area contributed by atoms with Crippen LogP contribution in [0.1, 0.15) is 18.3 Å². The van der Waals surface area contributed by atoms with Gasteiger partial charge in [0.25, 0.3) is 5.89 Å². The van der Waals surface area contributed by atoms with Crippen LogP contribution < -0.4 is 15.4 Å². The van der Waals surface area contributed by atoms with Gasteiger partial charge in [-0.2, -0.15) is 4.98 Å². The Bertz CT molecular complexity index is 961. The van der Waals surface area contributed by atoms with E-state index in [0.29, 0.717) is 41.9 Å². The second kappa shape index (κ2) is 11.2. The number of halogens is 1. The number of guanidine groups is 1. The number of hydrogen-bond acceptors (Lipinski definition) is 6. The molecule has 0 saturated heterocycles. The van der Waals surface area contributed by atoms with Gasteiger partial charge in [0.2, 0.25) is 0 Å². The Hall–Kier alpha value is -3.13. The lowest BCUT2D eigenvalue weighted by Crippen LogP contribution is -2.38. The van der Waals surface area contributed by atoms with E-state index in [4.69, 9.17) is 20.9 Å². The fourth-order valence-corrected chi connectivity index (χ4v) is 3.00. The number of nitrogens with zero attached hydrogens (tertiary/aromatic N) is 4. The molecule has 3 rings (SSSR count). The van der Waals surface area contributed by atoms with Crippen molar-refractivity contribution in [3.63, 3.8) is 0 Å². The zero-order chi connectivity index (χ0) is 21.2. The van der Waals surface area contributed by atoms with Gasteiger partial charge in [0.1, 0.15) is 11.4 Å². The van der Waals surface area contributed by atoms with Crippen LogP contribution >= 0.6 is 11.6 Å². The molecule has 0 unspecified atom stereocenters. The minimum atomic E-state index is 0.413. The molecule has 8 nitrogen and oxygen atoms in total. The number of nitrogens with one attached hydrogen (secondary N) is 2. The highest BCUT2D eigenvalue weighted by Gasteiger charge is 2.09. The monoisotopic (exact) mass is 428 g/mol. The van der Waals surface area contributed by atoms with Crippen molar-refractivity contribution in [3.8, 4) is 17.3 Å². The Labute approximate surface area is 180 Å². The third kappa shape index (κ3) is 6.18. The van der Waals surface area contributed by atoms with E-state index in [1.165, 1.54) is 0 Å². The summed E-state index contributed by atoms with van der Waals surface area (Å²) in [7, 11) is 1.62. The zero-order valence-corrected chi connectivity index (χ0v) is 17.8. The topological polar surface area (TPSA) is 97.5 Å². The normalized spacial score (nSPS) is 11.4. The standard InChI is InChI=1S/C21H25ClN6O2/c1-3-23-21(25-12-9-15-7-8-16(29-2)14-17(15)22)26-13-10-19-27-20(30-28-19)18-6-4-5-11-24-18/h4-8,11,14H,3,9-10,12-13H2,1-2H3,(H2,23,25,26). The molecule has 0 amide bonds. The van der Waals surface area contributed by atoms with Crippen molar-refractivity contribution < 1.29 is 9.26 Å². The van der Waals surface area contributed by atoms with Gasteiger partial charge < -0.3 is 19.9 Å². The molecule has 1 aromatic carbocycles. The number of aromatic nitrogens is 3. The van der Waals surface area contributed by atoms with Crippen molar-refractivity contribution in [2.24, 2.45) is 4.99 Å². The molecule has 0 saturated carbocycles. The molecular formula is C21H25ClN6O2. The Kier molecular flexibility index (Phi) is 8.02. The van der Waals surface area contributed by atoms with E-state index in [-0.39, 0.29) is 0 Å². The van der Waals surface area contributed by atoms with Gasteiger partial charge >= 0.3 is 0 Å². The Morgan fingerprint density at radius 2 is 2.10 bits per heavy atom. The number of aliphatic imine (C=N–C) groups is 1. The maximum absolute atomic E-state index is 6.30. The molecule has 0 bridgehead atoms. The predicted octanol–water partition coefficient (Wildman–Crippen LogP) is 3.13. The summed E-state index contributed by atoms with van der Waals surface area (Å²) >= 11 is 6.30. The Morgan fingerprint density at radius 1 is 1.20 bits per heavy atom. The first-order chi connectivity index (χ1) is 14.7. The van der Waals surface area contributed by atoms with Gasteiger partial charge in [-0.3, -0.25) is 9.98 Å². The molecule has 0 fully saturated rings. The minimum absolute atomic E-state index is 0.413. The molecule has 158 valence electrons. The average Bonchev–Trinajstić information content (AvgIpc) is 3.24. The second-order valence-corrected chi connectivity index (χ2v) is 6.78. The van der Waals surface area contributed by atoms with Crippen molar-refractivity contribution in [2.75, 3.05) is 26.7 Å². The van der Waals surface area contributed by atoms with Gasteiger partial charge in [0.05, 0.1) is 7.11 Å². The van der Waals surface area contributed by atoms with Crippen LogP contribution in [0.2, 0.25) is 5.02 Å². The number of ether oxygens (including phenoxy) is 1. The molecular weight excluding hydrogens is 404 g/mol. The highest BCUT2D eigenvalue weighted by molar-refractivity contribution is 6.31. The van der Waals surface area contributed by atoms with Gasteiger partial charge in [-0.15, -0.1) is 0 Å². The van der Waals surface area contributed by atoms with Crippen molar-refractivity contribution in [1.82, 2.24) is 25.8 Å². The summed E-state index contributed by atoms with van der Waals surface area (Å²) in [5.41, 5.74) is 1.71. The number of benzene rings is 1. The van der Waals surface area contributed by atoms with Crippen LogP contribution in [0.25, 0.3) is 11.6 Å². The highest BCUT2D eigenvalue weighted by atomic mass is 35.5. The first kappa shape index (κ1) is 21.6. The lowest BCUT2D eigenvalue weighted by Gasteiger charge is -2.12. The summed E-state index contributed by atoms with van der Waals surface area (Å²) in [5.74, 6) is 2.49. The summed E-state index contributed by atoms with van der Waals surface area (Å²) in [6.45, 7) is 4.01. The maximum Gasteiger partial charge on any atom is 0.276 e. The average molecular weight is 429 g/mol. The Morgan fingerprint density at radius 3 is 2.83 bits per heavy atom. The van der Waals surface area contributed by atoms with Crippen LogP contribution in [0, 0.1) is 0 Å². The van der Waals surface area contributed by atoms with E-state index >= 15 is 0 Å². The number of rotatable bonds is 9. The van der Waals surface area contributed by atoms with Gasteiger partial charge in [-0.1, -0.05) is 28.9 Å². The second-order valence-electron chi connectivity index (χ2n) is 6.38. The molecule has 0 radical (unpaired) electrons. The smallest absolute Gasteiger partial charge is 0.276 e. The lowest BCUT2D eigenvalue weighted by molar-refractivity contribution is 0.414. The third-order valence-corrected chi connectivity index (χ3v) is 4.60. The summed E-state index contributed by atoms with van der Waals surface area (Å²) in [6.07, 6.45) is 3.03. The molecule has 0 aliphatic rings. The third-order valence-electron chi connectivity index (χ3n) is 4.25. The quantitative estimate of drug-likeness (QED) is 0.399. The molecule has 3 aromatic rings. The molecule has 0 aliphatic heterocycles. The van der Waals surface area contributed by atoms with E-state index in [1.807, 2.05) is 43.3 Å². The minimum Gasteiger partial charge on any atom is -0.497 e. The fraction of sp³-hybridized carbons (Fsp3) is 0.333. The molecule has 0 atom stereocenters. The summed E-state index contributed by atoms with van der Waals surface area (Å²) in [5, 5.41) is 11.2. The van der Waals surface area contributed by atoms with E-state index in [1.54, 1.807) is 13.3 Å². The first-order valence-electron chi connectivity index (χ1n) is 9.78. The number of methoxy groups -OCH3 is 1. The fourth-order valence-electron chi connectivity index (χ4n) is 2.73. The summed E-state index contributed by atoms with van der Waals surface area (Å²) < 4.78 is 10.5. The molecule has 2 N–H and O–H groups in total. The van der Waals surface area contributed by atoms with Crippen molar-refractivity contribution in [1.29, 1.82) is 0 Å². The number of pyridine rings is 1. The molecule has 2 aromatic heterocycles. The highest BCUT2D eigenvalue weighted by Crippen LogP contribution is 2.22. The van der Waals surface area contributed by atoms with Crippen molar-refractivity contribution in [3.05, 3.63) is 59.0 Å². The van der Waals surface area contributed by atoms with Gasteiger partial charge in [0, 0.05) is 37.3 Å². The summed E-state index contributed by atoms with van der Waals surface area (Å²) in [4.78, 5) is 13.2. The molecule has 0 aliphatic carbocycles. The van der Waals surface area contributed by atoms with E-state index in [2.05, 4.69) is 30.8 Å². The molecule has 2 heterocycles. The maximum atomic E-state index is 6.30. The lowest BCUT2D eigenvalue weighted by atomic mass is 10.1. The SMILES string of the molecule is CCNC(=NCCc1noc(-c2ccccn2)n1)NCCc1ccc(OC)cc1Cl. The van der Waals surface area contributed by atoms with Gasteiger partial charge in [-0.05, 0) is 43.2 Å². The molecule has 30 heavy (non-hydrogen) atoms. The largest absolute Gasteiger partial charge is 0.497 e. The van der Waals surface area contributed by atoms with Crippen LogP contribution in [0.5, 0.6) is 5.75 Å². The van der Waals surface area contributed by atoms with Crippen LogP contribution in [0.4, 0.5) is 0 Å². The Balaban J connectivity index is 1.50. The van der Waals surface area contributed by atoms with Gasteiger partial charge in [0.15, 0.2) is 11.8 Å². The first-order valence-corrected chi connectivity index (χ1v) is 10.2. The van der Waals surface area contributed by atoms with Crippen LogP contribution in [-0.4, -0.2) is 47.8 Å². The van der Waals surface area contributed by atoms with Crippen LogP contribution in [0.15, 0.2) is 52.1 Å². The van der Waals surface area contributed by atoms with Gasteiger partial charge in [-0.25, -0.2) is 0 Å². The predicted molar refractivity (Wildman–Crippen MR) is 117 cm³/mol. The molecule has 9 heteroatoms. The number of hydrogen-bond donors (Lipinski definition) is 2. The van der Waals surface area contributed by atoms with E-state index in [9.17, 15) is 0 Å². The summed E-state index contributed by atoms with van der Waals surface area (Å²) in [6, 6.07) is 11.3. The van der Waals surface area contributed by atoms with Crippen molar-refractivity contribution >= 4 is 17.6 Å². The molecule has 0 spiro atoms. The van der Waals surface area contributed by atoms with Crippen molar-refractivity contribution in [2.45, 2.75) is 19.8 Å². The van der Waals surface area contributed by atoms with Crippen LogP contribution in [-0.2, 0) is 12.8 Å². The zero-order valence-electron chi connectivity index (χ0n) is 17.1. The van der Waals surface area contributed by atoms with E-state index in [0.717, 1.165) is 30.2 Å². The van der Waals surface area contributed by atoms with Crippen LogP contribution in [0.3, 0.4) is 0 Å². The van der Waals surface area contributed by atoms with E-state index < -0.39 is 0 Å².